The summed E-state index contributed by atoms with van der Waals surface area (Å²) in [5.41, 5.74) is -1.67. The minimum Gasteiger partial charge on any atom is -0.748 e. The van der Waals surface area contributed by atoms with Gasteiger partial charge in [-0.25, -0.2) is 16.8 Å². The van der Waals surface area contributed by atoms with E-state index in [0.717, 1.165) is 0 Å². The third-order valence-electron chi connectivity index (χ3n) is 3.90. The lowest BCUT2D eigenvalue weighted by Gasteiger charge is -2.33. The quantitative estimate of drug-likeness (QED) is 0.347. The molecule has 0 aliphatic carbocycles. The van der Waals surface area contributed by atoms with E-state index in [0.29, 0.717) is 0 Å². The molecule has 0 saturated carbocycles. The number of nitrogens with zero attached hydrogens (tertiary/aromatic N) is 1. The van der Waals surface area contributed by atoms with Crippen LogP contribution in [-0.4, -0.2) is 97.6 Å². The number of amides is 1. The first-order valence-corrected chi connectivity index (χ1v) is 10.6. The Morgan fingerprint density at radius 2 is 1.83 bits per heavy atom. The number of aliphatic hydroxyl groups is 2. The highest BCUT2D eigenvalue weighted by Crippen LogP contribution is 2.28. The van der Waals surface area contributed by atoms with Crippen molar-refractivity contribution in [3.05, 3.63) is 0 Å². The van der Waals surface area contributed by atoms with Gasteiger partial charge in [0.25, 0.3) is 0 Å². The smallest absolute Gasteiger partial charge is 0.221 e. The van der Waals surface area contributed by atoms with E-state index < -0.39 is 48.2 Å². The zero-order valence-electron chi connectivity index (χ0n) is 13.3. The Kier molecular flexibility index (Phi) is 7.14. The molecule has 1 amide bonds. The van der Waals surface area contributed by atoms with Gasteiger partial charge in [0.1, 0.15) is 10.1 Å². The van der Waals surface area contributed by atoms with E-state index in [2.05, 4.69) is 5.32 Å². The van der Waals surface area contributed by atoms with Gasteiger partial charge in [-0.2, -0.15) is 0 Å². The van der Waals surface area contributed by atoms with Crippen molar-refractivity contribution in [2.75, 3.05) is 44.4 Å². The molecule has 142 valence electrons. The van der Waals surface area contributed by atoms with Crippen LogP contribution in [0.1, 0.15) is 13.3 Å². The first-order valence-electron chi connectivity index (χ1n) is 7.34. The highest BCUT2D eigenvalue weighted by molar-refractivity contribution is 7.94. The van der Waals surface area contributed by atoms with Gasteiger partial charge in [-0.1, -0.05) is 0 Å². The number of sulfone groups is 1. The Balaban J connectivity index is 2.76. The molecule has 1 heterocycles. The predicted molar refractivity (Wildman–Crippen MR) is 83.9 cm³/mol. The molecule has 1 saturated heterocycles. The molecule has 0 aromatic rings. The highest BCUT2D eigenvalue weighted by atomic mass is 32.2. The lowest BCUT2D eigenvalue weighted by molar-refractivity contribution is -0.123. The summed E-state index contributed by atoms with van der Waals surface area (Å²) in [6, 6.07) is 0. The maximum Gasteiger partial charge on any atom is 0.221 e. The van der Waals surface area contributed by atoms with Crippen LogP contribution in [0, 0.1) is 0 Å². The van der Waals surface area contributed by atoms with Gasteiger partial charge < -0.3 is 20.1 Å². The first kappa shape index (κ1) is 21.3. The molecule has 2 unspecified atom stereocenters. The van der Waals surface area contributed by atoms with E-state index in [1.54, 1.807) is 4.90 Å². The van der Waals surface area contributed by atoms with Crippen molar-refractivity contribution in [1.82, 2.24) is 10.2 Å². The molecule has 0 radical (unpaired) electrons. The van der Waals surface area contributed by atoms with E-state index in [9.17, 15) is 26.2 Å². The molecule has 12 heteroatoms. The van der Waals surface area contributed by atoms with Crippen molar-refractivity contribution in [3.63, 3.8) is 0 Å². The maximum atomic E-state index is 12.0. The van der Waals surface area contributed by atoms with Gasteiger partial charge in [0, 0.05) is 26.1 Å². The van der Waals surface area contributed by atoms with Crippen LogP contribution in [0.3, 0.4) is 0 Å². The Morgan fingerprint density at radius 3 is 2.29 bits per heavy atom. The highest BCUT2D eigenvalue weighted by Gasteiger charge is 2.51. The van der Waals surface area contributed by atoms with E-state index >= 15 is 0 Å². The molecule has 1 fully saturated rings. The van der Waals surface area contributed by atoms with Gasteiger partial charge in [0.15, 0.2) is 9.84 Å². The van der Waals surface area contributed by atoms with Crippen LogP contribution >= 0.6 is 0 Å². The molecular formula is C12H23N2O8S2-. The molecule has 3 N–H and O–H groups in total. The Morgan fingerprint density at radius 1 is 1.29 bits per heavy atom. The number of carbonyl (C=O) groups is 1. The number of rotatable bonds is 9. The second-order valence-corrected chi connectivity index (χ2v) is 9.70. The molecule has 1 aliphatic rings. The van der Waals surface area contributed by atoms with Crippen molar-refractivity contribution in [1.29, 1.82) is 0 Å². The molecule has 0 spiro atoms. The molecule has 0 aromatic carbocycles. The predicted octanol–water partition coefficient (Wildman–Crippen LogP) is -3.12. The lowest BCUT2D eigenvalue weighted by atomic mass is 10.0. The summed E-state index contributed by atoms with van der Waals surface area (Å²) in [6.45, 7) is 1.59. The number of carbonyl (C=O) groups excluding carboxylic acids is 1. The fourth-order valence-electron chi connectivity index (χ4n) is 2.80. The van der Waals surface area contributed by atoms with E-state index in [4.69, 9.17) is 10.2 Å². The Bertz CT molecular complexity index is 642. The second kappa shape index (κ2) is 8.06. The van der Waals surface area contributed by atoms with Crippen LogP contribution < -0.4 is 5.32 Å². The van der Waals surface area contributed by atoms with Gasteiger partial charge in [-0.05, 0) is 6.92 Å². The van der Waals surface area contributed by atoms with Crippen LogP contribution in [-0.2, 0) is 24.7 Å². The van der Waals surface area contributed by atoms with Gasteiger partial charge >= 0.3 is 0 Å². The van der Waals surface area contributed by atoms with Crippen molar-refractivity contribution in [3.8, 4) is 0 Å². The zero-order valence-corrected chi connectivity index (χ0v) is 15.0. The third-order valence-corrected chi connectivity index (χ3v) is 7.37. The van der Waals surface area contributed by atoms with E-state index in [1.807, 2.05) is 0 Å². The fraction of sp³-hybridized carbons (Fsp3) is 0.917. The lowest BCUT2D eigenvalue weighted by Crippen LogP contribution is -2.57. The Hall–Kier alpha value is -0.790. The summed E-state index contributed by atoms with van der Waals surface area (Å²) in [7, 11) is -8.65. The largest absolute Gasteiger partial charge is 0.748 e. The topological polar surface area (TPSA) is 164 Å². The summed E-state index contributed by atoms with van der Waals surface area (Å²) in [6.07, 6.45) is -0.0960. The van der Waals surface area contributed by atoms with Gasteiger partial charge in [0.05, 0.1) is 35.5 Å². The molecule has 2 atom stereocenters. The molecule has 1 aliphatic heterocycles. The van der Waals surface area contributed by atoms with Crippen LogP contribution in [0.2, 0.25) is 0 Å². The van der Waals surface area contributed by atoms with Gasteiger partial charge in [-0.3, -0.25) is 9.69 Å². The van der Waals surface area contributed by atoms with Crippen LogP contribution in [0.15, 0.2) is 0 Å². The monoisotopic (exact) mass is 387 g/mol. The van der Waals surface area contributed by atoms with Crippen molar-refractivity contribution in [2.24, 2.45) is 0 Å². The van der Waals surface area contributed by atoms with E-state index in [-0.39, 0.29) is 39.3 Å². The minimum atomic E-state index is -4.90. The van der Waals surface area contributed by atoms with Gasteiger partial charge in [0.2, 0.25) is 5.91 Å². The van der Waals surface area contributed by atoms with Crippen LogP contribution in [0.5, 0.6) is 0 Å². The van der Waals surface area contributed by atoms with Crippen molar-refractivity contribution < 1.29 is 36.4 Å². The molecule has 0 bridgehead atoms. The Labute approximate surface area is 141 Å². The SMILES string of the molecule is CC1(NC(=O)CCN(CCO)CCO)CS(=O)(=O)CC1S(=O)(=O)[O-]. The zero-order chi connectivity index (χ0) is 18.6. The number of nitrogens with one attached hydrogen (secondary N) is 1. The van der Waals surface area contributed by atoms with Crippen LogP contribution in [0.4, 0.5) is 0 Å². The van der Waals surface area contributed by atoms with Crippen molar-refractivity contribution >= 4 is 25.9 Å². The molecule has 24 heavy (non-hydrogen) atoms. The molecule has 0 aromatic heterocycles. The summed E-state index contributed by atoms with van der Waals surface area (Å²) >= 11 is 0. The summed E-state index contributed by atoms with van der Waals surface area (Å²) in [5, 5.41) is 18.4. The van der Waals surface area contributed by atoms with Crippen LogP contribution in [0.25, 0.3) is 0 Å². The normalized spacial score (nSPS) is 26.6. The number of aliphatic hydroxyl groups excluding tert-OH is 2. The average molecular weight is 387 g/mol. The number of hydrogen-bond acceptors (Lipinski definition) is 9. The summed E-state index contributed by atoms with van der Waals surface area (Å²) in [4.78, 5) is 13.7. The second-order valence-electron chi connectivity index (χ2n) is 6.04. The van der Waals surface area contributed by atoms with Gasteiger partial charge in [-0.15, -0.1) is 0 Å². The molecular weight excluding hydrogens is 364 g/mol. The maximum absolute atomic E-state index is 12.0. The summed E-state index contributed by atoms with van der Waals surface area (Å²) in [5.74, 6) is -2.03. The molecule has 10 nitrogen and oxygen atoms in total. The molecule has 1 rings (SSSR count). The van der Waals surface area contributed by atoms with Crippen molar-refractivity contribution in [2.45, 2.75) is 24.1 Å². The third kappa shape index (κ3) is 5.93. The fourth-order valence-corrected chi connectivity index (χ4v) is 7.11. The first-order chi connectivity index (χ1) is 10.9. The number of hydrogen-bond donors (Lipinski definition) is 3. The van der Waals surface area contributed by atoms with E-state index in [1.165, 1.54) is 6.92 Å². The summed E-state index contributed by atoms with van der Waals surface area (Å²) < 4.78 is 57.4. The average Bonchev–Trinajstić information content (AvgIpc) is 2.66. The minimum absolute atomic E-state index is 0.0960. The standard InChI is InChI=1S/C12H24N2O8S2/c1-12(9-23(18,19)8-10(12)24(20,21)22)13-11(17)2-3-14(4-6-15)5-7-16/h10,15-16H,2-9H2,1H3,(H,13,17)(H,20,21,22)/p-1.